The Morgan fingerprint density at radius 2 is 2.18 bits per heavy atom. The Morgan fingerprint density at radius 1 is 1.41 bits per heavy atom. The zero-order chi connectivity index (χ0) is 15.9. The molecule has 0 amide bonds. The van der Waals surface area contributed by atoms with E-state index in [2.05, 4.69) is 35.2 Å². The fourth-order valence-electron chi connectivity index (χ4n) is 3.45. The van der Waals surface area contributed by atoms with Crippen LogP contribution in [0, 0.1) is 11.2 Å². The van der Waals surface area contributed by atoms with E-state index in [4.69, 9.17) is 5.73 Å². The average Bonchev–Trinajstić information content (AvgIpc) is 2.78. The van der Waals surface area contributed by atoms with Gasteiger partial charge in [-0.05, 0) is 30.9 Å². The summed E-state index contributed by atoms with van der Waals surface area (Å²) in [5.74, 6) is 0.777. The molecule has 1 fully saturated rings. The van der Waals surface area contributed by atoms with Crippen LogP contribution in [0.4, 0.5) is 4.39 Å². The van der Waals surface area contributed by atoms with E-state index >= 15 is 0 Å². The highest BCUT2D eigenvalue weighted by Gasteiger charge is 2.33. The van der Waals surface area contributed by atoms with Crippen molar-refractivity contribution in [3.63, 3.8) is 0 Å². The Kier molecular flexibility index (Phi) is 3.95. The number of hydrogen-bond donors (Lipinski definition) is 1. The second-order valence-electron chi connectivity index (χ2n) is 7.00. The minimum absolute atomic E-state index is 0.118. The molecule has 0 radical (unpaired) electrons. The Labute approximate surface area is 131 Å². The van der Waals surface area contributed by atoms with Crippen molar-refractivity contribution in [3.8, 4) is 0 Å². The highest BCUT2D eigenvalue weighted by molar-refractivity contribution is 5.76. The van der Waals surface area contributed by atoms with Crippen LogP contribution in [0.1, 0.15) is 33.0 Å². The van der Waals surface area contributed by atoms with Gasteiger partial charge in [0.05, 0.1) is 17.6 Å². The van der Waals surface area contributed by atoms with Gasteiger partial charge < -0.3 is 10.3 Å². The topological polar surface area (TPSA) is 47.1 Å². The van der Waals surface area contributed by atoms with Gasteiger partial charge in [-0.25, -0.2) is 9.37 Å². The van der Waals surface area contributed by atoms with Gasteiger partial charge >= 0.3 is 0 Å². The number of aromatic nitrogens is 2. The van der Waals surface area contributed by atoms with Crippen molar-refractivity contribution in [1.82, 2.24) is 14.5 Å². The SMILES string of the molecule is CCn1c(CN2CCC(N)C(C)(C)C2)nc2cc(F)ccc21. The Morgan fingerprint density at radius 3 is 2.86 bits per heavy atom. The minimum Gasteiger partial charge on any atom is -0.327 e. The number of nitrogens with zero attached hydrogens (tertiary/aromatic N) is 3. The summed E-state index contributed by atoms with van der Waals surface area (Å²) in [5, 5.41) is 0. The molecule has 1 saturated heterocycles. The van der Waals surface area contributed by atoms with Crippen LogP contribution in [0.5, 0.6) is 0 Å². The second kappa shape index (κ2) is 5.63. The molecule has 3 rings (SSSR count). The van der Waals surface area contributed by atoms with Crippen molar-refractivity contribution in [2.24, 2.45) is 11.1 Å². The number of likely N-dealkylation sites (tertiary alicyclic amines) is 1. The maximum atomic E-state index is 13.4. The van der Waals surface area contributed by atoms with Gasteiger partial charge in [-0.2, -0.15) is 0 Å². The first-order valence-corrected chi connectivity index (χ1v) is 8.03. The number of hydrogen-bond acceptors (Lipinski definition) is 3. The fourth-order valence-corrected chi connectivity index (χ4v) is 3.45. The minimum atomic E-state index is -0.232. The predicted octanol–water partition coefficient (Wildman–Crippen LogP) is 2.75. The zero-order valence-electron chi connectivity index (χ0n) is 13.6. The summed E-state index contributed by atoms with van der Waals surface area (Å²) in [6.07, 6.45) is 1.01. The molecule has 0 saturated carbocycles. The number of aryl methyl sites for hydroxylation is 1. The molecule has 22 heavy (non-hydrogen) atoms. The summed E-state index contributed by atoms with van der Waals surface area (Å²) in [6.45, 7) is 10.1. The van der Waals surface area contributed by atoms with Crippen LogP contribution in [0.15, 0.2) is 18.2 Å². The van der Waals surface area contributed by atoms with Gasteiger partial charge in [-0.3, -0.25) is 4.90 Å². The van der Waals surface area contributed by atoms with E-state index in [0.29, 0.717) is 0 Å². The highest BCUT2D eigenvalue weighted by atomic mass is 19.1. The van der Waals surface area contributed by atoms with Crippen molar-refractivity contribution in [2.75, 3.05) is 13.1 Å². The molecule has 120 valence electrons. The number of rotatable bonds is 3. The van der Waals surface area contributed by atoms with E-state index in [9.17, 15) is 4.39 Å². The first-order chi connectivity index (χ1) is 10.4. The third-order valence-corrected chi connectivity index (χ3v) is 4.86. The van der Waals surface area contributed by atoms with Gasteiger partial charge in [0.25, 0.3) is 0 Å². The molecule has 1 aliphatic heterocycles. The van der Waals surface area contributed by atoms with E-state index in [1.54, 1.807) is 0 Å². The zero-order valence-corrected chi connectivity index (χ0v) is 13.6. The van der Waals surface area contributed by atoms with E-state index in [1.165, 1.54) is 12.1 Å². The summed E-state index contributed by atoms with van der Waals surface area (Å²) in [7, 11) is 0. The quantitative estimate of drug-likeness (QED) is 0.948. The summed E-state index contributed by atoms with van der Waals surface area (Å²) in [6, 6.07) is 5.09. The number of imidazole rings is 1. The normalized spacial score (nSPS) is 22.3. The van der Waals surface area contributed by atoms with Crippen molar-refractivity contribution in [1.29, 1.82) is 0 Å². The smallest absolute Gasteiger partial charge is 0.125 e. The molecule has 1 atom stereocenters. The molecule has 1 aromatic heterocycles. The van der Waals surface area contributed by atoms with Crippen LogP contribution in [0.2, 0.25) is 0 Å². The third kappa shape index (κ3) is 2.75. The summed E-state index contributed by atoms with van der Waals surface area (Å²) >= 11 is 0. The summed E-state index contributed by atoms with van der Waals surface area (Å²) < 4.78 is 15.6. The molecule has 1 aromatic carbocycles. The number of nitrogens with two attached hydrogens (primary N) is 1. The van der Waals surface area contributed by atoms with Crippen LogP contribution >= 0.6 is 0 Å². The first-order valence-electron chi connectivity index (χ1n) is 8.03. The fraction of sp³-hybridized carbons (Fsp3) is 0.588. The predicted molar refractivity (Wildman–Crippen MR) is 87.0 cm³/mol. The Balaban J connectivity index is 1.87. The molecule has 2 heterocycles. The maximum Gasteiger partial charge on any atom is 0.125 e. The molecular formula is C17H25FN4. The van der Waals surface area contributed by atoms with Crippen molar-refractivity contribution in [2.45, 2.75) is 46.3 Å². The van der Waals surface area contributed by atoms with Gasteiger partial charge in [0, 0.05) is 31.7 Å². The third-order valence-electron chi connectivity index (χ3n) is 4.86. The molecule has 0 spiro atoms. The van der Waals surface area contributed by atoms with E-state index in [1.807, 2.05) is 6.07 Å². The molecule has 2 aromatic rings. The van der Waals surface area contributed by atoms with Crippen molar-refractivity contribution >= 4 is 11.0 Å². The Bertz CT molecular complexity index is 677. The summed E-state index contributed by atoms with van der Waals surface area (Å²) in [4.78, 5) is 7.07. The maximum absolute atomic E-state index is 13.4. The lowest BCUT2D eigenvalue weighted by Gasteiger charge is -2.42. The van der Waals surface area contributed by atoms with Crippen LogP contribution in [0.3, 0.4) is 0 Å². The van der Waals surface area contributed by atoms with Gasteiger partial charge in [-0.15, -0.1) is 0 Å². The molecule has 4 nitrogen and oxygen atoms in total. The standard InChI is InChI=1S/C17H25FN4/c1-4-22-14-6-5-12(18)9-13(14)20-16(22)10-21-8-7-15(19)17(2,3)11-21/h5-6,9,15H,4,7-8,10-11,19H2,1-3H3. The molecule has 5 heteroatoms. The van der Waals surface area contributed by atoms with Gasteiger partial charge in [0.15, 0.2) is 0 Å². The molecule has 2 N–H and O–H groups in total. The molecule has 1 aliphatic rings. The van der Waals surface area contributed by atoms with Gasteiger partial charge in [0.1, 0.15) is 11.6 Å². The number of benzene rings is 1. The largest absolute Gasteiger partial charge is 0.327 e. The highest BCUT2D eigenvalue weighted by Crippen LogP contribution is 2.29. The Hall–Kier alpha value is -1.46. The number of fused-ring (bicyclic) bond motifs is 1. The van der Waals surface area contributed by atoms with Gasteiger partial charge in [-0.1, -0.05) is 13.8 Å². The lowest BCUT2D eigenvalue weighted by atomic mass is 9.80. The number of piperidine rings is 1. The van der Waals surface area contributed by atoms with Crippen LogP contribution in [0.25, 0.3) is 11.0 Å². The van der Waals surface area contributed by atoms with E-state index < -0.39 is 0 Å². The first kappa shape index (κ1) is 15.4. The number of halogens is 1. The average molecular weight is 304 g/mol. The van der Waals surface area contributed by atoms with E-state index in [0.717, 1.165) is 49.5 Å². The van der Waals surface area contributed by atoms with Gasteiger partial charge in [0.2, 0.25) is 0 Å². The van der Waals surface area contributed by atoms with Crippen LogP contribution < -0.4 is 5.73 Å². The summed E-state index contributed by atoms with van der Waals surface area (Å²) in [5.41, 5.74) is 8.08. The lowest BCUT2D eigenvalue weighted by molar-refractivity contribution is 0.0871. The molecular weight excluding hydrogens is 279 g/mol. The molecule has 0 aliphatic carbocycles. The lowest BCUT2D eigenvalue weighted by Crippen LogP contribution is -2.52. The van der Waals surface area contributed by atoms with Crippen molar-refractivity contribution < 1.29 is 4.39 Å². The second-order valence-corrected chi connectivity index (χ2v) is 7.00. The van der Waals surface area contributed by atoms with Crippen molar-refractivity contribution in [3.05, 3.63) is 29.8 Å². The molecule has 1 unspecified atom stereocenters. The van der Waals surface area contributed by atoms with E-state index in [-0.39, 0.29) is 17.3 Å². The monoisotopic (exact) mass is 304 g/mol. The molecule has 0 bridgehead atoms. The van der Waals surface area contributed by atoms with Crippen LogP contribution in [-0.2, 0) is 13.1 Å². The van der Waals surface area contributed by atoms with Crippen LogP contribution in [-0.4, -0.2) is 33.6 Å².